The SMILES string of the molecule is C[C@@H]1CN(S(=O)(=O)c2c(Cl)cc(F)cc2Cl)CCN1. The number of rotatable bonds is 2. The summed E-state index contributed by atoms with van der Waals surface area (Å²) in [6, 6.07) is 1.94. The molecule has 19 heavy (non-hydrogen) atoms. The van der Waals surface area contributed by atoms with E-state index in [0.29, 0.717) is 19.6 Å². The van der Waals surface area contributed by atoms with Crippen LogP contribution in [0.2, 0.25) is 10.0 Å². The van der Waals surface area contributed by atoms with Crippen LogP contribution in [-0.2, 0) is 10.0 Å². The van der Waals surface area contributed by atoms with Gasteiger partial charge in [0.15, 0.2) is 0 Å². The number of sulfonamides is 1. The second-order valence-corrected chi connectivity index (χ2v) is 7.11. The van der Waals surface area contributed by atoms with Gasteiger partial charge in [0.2, 0.25) is 10.0 Å². The Bertz CT molecular complexity index is 571. The molecule has 1 heterocycles. The van der Waals surface area contributed by atoms with Gasteiger partial charge < -0.3 is 5.32 Å². The number of piperazine rings is 1. The largest absolute Gasteiger partial charge is 0.312 e. The van der Waals surface area contributed by atoms with Crippen LogP contribution in [-0.4, -0.2) is 38.4 Å². The number of benzene rings is 1. The van der Waals surface area contributed by atoms with Crippen LogP contribution < -0.4 is 5.32 Å². The van der Waals surface area contributed by atoms with E-state index in [1.165, 1.54) is 4.31 Å². The summed E-state index contributed by atoms with van der Waals surface area (Å²) in [6.45, 7) is 3.09. The van der Waals surface area contributed by atoms with Gasteiger partial charge in [-0.3, -0.25) is 0 Å². The lowest BCUT2D eigenvalue weighted by Gasteiger charge is -2.31. The summed E-state index contributed by atoms with van der Waals surface area (Å²) in [4.78, 5) is -0.230. The Labute approximate surface area is 121 Å². The lowest BCUT2D eigenvalue weighted by atomic mass is 10.3. The van der Waals surface area contributed by atoms with E-state index in [2.05, 4.69) is 5.32 Å². The number of nitrogens with one attached hydrogen (secondary N) is 1. The Hall–Kier alpha value is -0.400. The first-order valence-corrected chi connectivity index (χ1v) is 7.90. The topological polar surface area (TPSA) is 49.4 Å². The molecule has 0 bridgehead atoms. The van der Waals surface area contributed by atoms with Gasteiger partial charge in [-0.15, -0.1) is 0 Å². The van der Waals surface area contributed by atoms with Crippen LogP contribution in [0.25, 0.3) is 0 Å². The van der Waals surface area contributed by atoms with Crippen LogP contribution in [0.3, 0.4) is 0 Å². The molecule has 8 heteroatoms. The van der Waals surface area contributed by atoms with E-state index < -0.39 is 15.8 Å². The van der Waals surface area contributed by atoms with Crippen molar-refractivity contribution in [2.45, 2.75) is 17.9 Å². The number of hydrogen-bond acceptors (Lipinski definition) is 3. The average molecular weight is 327 g/mol. The predicted molar refractivity (Wildman–Crippen MR) is 72.6 cm³/mol. The maximum atomic E-state index is 13.1. The fourth-order valence-corrected chi connectivity index (χ4v) is 4.69. The molecular formula is C11H13Cl2FN2O2S. The third-order valence-corrected chi connectivity index (χ3v) is 5.68. The predicted octanol–water partition coefficient (Wildman–Crippen LogP) is 2.11. The molecule has 0 amide bonds. The Morgan fingerprint density at radius 3 is 2.47 bits per heavy atom. The third-order valence-electron chi connectivity index (χ3n) is 2.89. The standard InChI is InChI=1S/C11H13Cl2FN2O2S/c1-7-6-16(3-2-15-7)19(17,18)11-9(12)4-8(14)5-10(11)13/h4-5,7,15H,2-3,6H2,1H3/t7-/m1/s1. The first-order valence-electron chi connectivity index (χ1n) is 5.70. The summed E-state index contributed by atoms with van der Waals surface area (Å²) in [6.07, 6.45) is 0. The van der Waals surface area contributed by atoms with Crippen LogP contribution in [0, 0.1) is 5.82 Å². The molecule has 1 aliphatic heterocycles. The van der Waals surface area contributed by atoms with E-state index in [9.17, 15) is 12.8 Å². The van der Waals surface area contributed by atoms with Gasteiger partial charge in [-0.2, -0.15) is 4.31 Å². The first-order chi connectivity index (χ1) is 8.82. The summed E-state index contributed by atoms with van der Waals surface area (Å²) in [7, 11) is -3.81. The molecule has 0 unspecified atom stereocenters. The second-order valence-electron chi connectivity index (χ2n) is 4.42. The van der Waals surface area contributed by atoms with Gasteiger partial charge in [0.1, 0.15) is 10.7 Å². The molecule has 0 aliphatic carbocycles. The molecule has 1 fully saturated rings. The summed E-state index contributed by atoms with van der Waals surface area (Å²) in [5.74, 6) is -0.664. The van der Waals surface area contributed by atoms with Crippen LogP contribution in [0.4, 0.5) is 4.39 Å². The fraction of sp³-hybridized carbons (Fsp3) is 0.455. The van der Waals surface area contributed by atoms with E-state index in [1.807, 2.05) is 6.92 Å². The van der Waals surface area contributed by atoms with Crippen LogP contribution in [0.1, 0.15) is 6.92 Å². The highest BCUT2D eigenvalue weighted by atomic mass is 35.5. The van der Waals surface area contributed by atoms with Crippen molar-refractivity contribution in [3.05, 3.63) is 28.0 Å². The minimum absolute atomic E-state index is 0.0431. The Morgan fingerprint density at radius 1 is 1.37 bits per heavy atom. The van der Waals surface area contributed by atoms with E-state index in [1.54, 1.807) is 0 Å². The van der Waals surface area contributed by atoms with Gasteiger partial charge in [0, 0.05) is 25.7 Å². The zero-order chi connectivity index (χ0) is 14.2. The van der Waals surface area contributed by atoms with Crippen molar-refractivity contribution >= 4 is 33.2 Å². The van der Waals surface area contributed by atoms with E-state index in [0.717, 1.165) is 12.1 Å². The van der Waals surface area contributed by atoms with Crippen molar-refractivity contribution in [2.75, 3.05) is 19.6 Å². The molecule has 0 aromatic heterocycles. The minimum Gasteiger partial charge on any atom is -0.312 e. The highest BCUT2D eigenvalue weighted by Gasteiger charge is 2.32. The van der Waals surface area contributed by atoms with Gasteiger partial charge >= 0.3 is 0 Å². The molecule has 1 saturated heterocycles. The Morgan fingerprint density at radius 2 is 1.95 bits per heavy atom. The van der Waals surface area contributed by atoms with E-state index in [4.69, 9.17) is 23.2 Å². The maximum Gasteiger partial charge on any atom is 0.246 e. The van der Waals surface area contributed by atoms with E-state index in [-0.39, 0.29) is 21.0 Å². The molecule has 1 atom stereocenters. The molecule has 1 N–H and O–H groups in total. The molecule has 4 nitrogen and oxygen atoms in total. The summed E-state index contributed by atoms with van der Waals surface area (Å²) in [5.41, 5.74) is 0. The molecule has 2 rings (SSSR count). The first kappa shape index (κ1) is 15.0. The molecule has 106 valence electrons. The molecule has 1 aromatic rings. The summed E-state index contributed by atoms with van der Waals surface area (Å²) >= 11 is 11.7. The second kappa shape index (κ2) is 5.54. The molecule has 0 saturated carbocycles. The Balaban J connectivity index is 2.45. The van der Waals surface area contributed by atoms with Crippen molar-refractivity contribution in [3.63, 3.8) is 0 Å². The maximum absolute atomic E-state index is 13.1. The molecule has 0 spiro atoms. The summed E-state index contributed by atoms with van der Waals surface area (Å²) in [5, 5.41) is 2.75. The van der Waals surface area contributed by atoms with Gasteiger partial charge in [0.05, 0.1) is 10.0 Å². The van der Waals surface area contributed by atoms with Gasteiger partial charge in [0.25, 0.3) is 0 Å². The lowest BCUT2D eigenvalue weighted by molar-refractivity contribution is 0.310. The van der Waals surface area contributed by atoms with Crippen molar-refractivity contribution in [3.8, 4) is 0 Å². The van der Waals surface area contributed by atoms with Gasteiger partial charge in [-0.05, 0) is 19.1 Å². The van der Waals surface area contributed by atoms with Crippen molar-refractivity contribution in [1.82, 2.24) is 9.62 Å². The zero-order valence-corrected chi connectivity index (χ0v) is 12.5. The number of halogens is 3. The molecule has 0 radical (unpaired) electrons. The van der Waals surface area contributed by atoms with Crippen molar-refractivity contribution in [2.24, 2.45) is 0 Å². The molecule has 1 aliphatic rings. The van der Waals surface area contributed by atoms with Crippen molar-refractivity contribution in [1.29, 1.82) is 0 Å². The van der Waals surface area contributed by atoms with Crippen LogP contribution >= 0.6 is 23.2 Å². The molecular weight excluding hydrogens is 314 g/mol. The highest BCUT2D eigenvalue weighted by molar-refractivity contribution is 7.89. The Kier molecular flexibility index (Phi) is 4.37. The fourth-order valence-electron chi connectivity index (χ4n) is 2.02. The van der Waals surface area contributed by atoms with Crippen LogP contribution in [0.5, 0.6) is 0 Å². The highest BCUT2D eigenvalue weighted by Crippen LogP contribution is 2.32. The van der Waals surface area contributed by atoms with Crippen molar-refractivity contribution < 1.29 is 12.8 Å². The van der Waals surface area contributed by atoms with Crippen LogP contribution in [0.15, 0.2) is 17.0 Å². The third kappa shape index (κ3) is 3.03. The zero-order valence-electron chi connectivity index (χ0n) is 10.2. The normalized spacial score (nSPS) is 21.6. The van der Waals surface area contributed by atoms with Gasteiger partial charge in [-0.25, -0.2) is 12.8 Å². The number of nitrogens with zero attached hydrogens (tertiary/aromatic N) is 1. The molecule has 1 aromatic carbocycles. The smallest absolute Gasteiger partial charge is 0.246 e. The average Bonchev–Trinajstić information content (AvgIpc) is 2.26. The quantitative estimate of drug-likeness (QED) is 0.905. The minimum atomic E-state index is -3.81. The van der Waals surface area contributed by atoms with E-state index >= 15 is 0 Å². The summed E-state index contributed by atoms with van der Waals surface area (Å²) < 4.78 is 39.4. The number of hydrogen-bond donors (Lipinski definition) is 1. The monoisotopic (exact) mass is 326 g/mol. The van der Waals surface area contributed by atoms with Gasteiger partial charge in [-0.1, -0.05) is 23.2 Å². The lowest BCUT2D eigenvalue weighted by Crippen LogP contribution is -2.51.